The average molecular weight is 338 g/mol. The highest BCUT2D eigenvalue weighted by Gasteiger charge is 2.30. The number of nitrogens with zero attached hydrogens (tertiary/aromatic N) is 4. The quantitative estimate of drug-likeness (QED) is 0.818. The Labute approximate surface area is 133 Å². The van der Waals surface area contributed by atoms with Crippen molar-refractivity contribution in [1.82, 2.24) is 18.8 Å². The summed E-state index contributed by atoms with van der Waals surface area (Å²) in [7, 11) is -3.75. The molecule has 1 aliphatic heterocycles. The Morgan fingerprint density at radius 3 is 2.52 bits per heavy atom. The Morgan fingerprint density at radius 1 is 1.17 bits per heavy atom. The van der Waals surface area contributed by atoms with Gasteiger partial charge in [0, 0.05) is 38.6 Å². The molecule has 2 heterocycles. The Kier molecular flexibility index (Phi) is 4.14. The molecule has 0 unspecified atom stereocenters. The zero-order chi connectivity index (χ0) is 16.4. The number of carbonyl (C=O) groups is 1. The number of halogens is 1. The highest BCUT2D eigenvalue weighted by molar-refractivity contribution is 7.89. The van der Waals surface area contributed by atoms with Crippen LogP contribution in [0.1, 0.15) is 0 Å². The molecule has 0 saturated carbocycles. The van der Waals surface area contributed by atoms with Gasteiger partial charge in [-0.25, -0.2) is 22.6 Å². The van der Waals surface area contributed by atoms with E-state index in [-0.39, 0.29) is 37.1 Å². The second-order valence-electron chi connectivity index (χ2n) is 5.10. The van der Waals surface area contributed by atoms with E-state index >= 15 is 0 Å². The second-order valence-corrected chi connectivity index (χ2v) is 7.04. The maximum atomic E-state index is 13.2. The van der Waals surface area contributed by atoms with Gasteiger partial charge >= 0.3 is 6.03 Å². The summed E-state index contributed by atoms with van der Waals surface area (Å²) in [5.41, 5.74) is 0. The summed E-state index contributed by atoms with van der Waals surface area (Å²) in [5.74, 6) is -0.597. The van der Waals surface area contributed by atoms with Crippen molar-refractivity contribution in [3.63, 3.8) is 0 Å². The van der Waals surface area contributed by atoms with Gasteiger partial charge < -0.3 is 4.90 Å². The minimum Gasteiger partial charge on any atom is -0.321 e. The standard InChI is InChI=1S/C14H15FN4O3S/c15-12-2-1-3-13(10-12)23(21,22)19-8-6-17(7-9-19)14(20)18-5-4-16-11-18/h1-5,10-11H,6-9H2. The number of imidazole rings is 1. The summed E-state index contributed by atoms with van der Waals surface area (Å²) in [6, 6.07) is 4.67. The van der Waals surface area contributed by atoms with Crippen molar-refractivity contribution in [2.24, 2.45) is 0 Å². The molecule has 0 atom stereocenters. The molecule has 7 nitrogen and oxygen atoms in total. The first-order valence-corrected chi connectivity index (χ1v) is 8.45. The van der Waals surface area contributed by atoms with Gasteiger partial charge in [0.25, 0.3) is 0 Å². The SMILES string of the molecule is O=C(N1CCN(S(=O)(=O)c2cccc(F)c2)CC1)n1ccnc1. The summed E-state index contributed by atoms with van der Waals surface area (Å²) in [6.45, 7) is 0.871. The first-order valence-electron chi connectivity index (χ1n) is 7.01. The van der Waals surface area contributed by atoms with Gasteiger partial charge in [-0.05, 0) is 18.2 Å². The van der Waals surface area contributed by atoms with E-state index in [1.165, 1.54) is 45.8 Å². The lowest BCUT2D eigenvalue weighted by molar-refractivity contribution is 0.173. The van der Waals surface area contributed by atoms with Crippen LogP contribution in [0.2, 0.25) is 0 Å². The van der Waals surface area contributed by atoms with Crippen molar-refractivity contribution in [2.75, 3.05) is 26.2 Å². The number of piperazine rings is 1. The Bertz CT molecular complexity index is 799. The molecule has 0 radical (unpaired) electrons. The van der Waals surface area contributed by atoms with Crippen LogP contribution in [0.4, 0.5) is 9.18 Å². The average Bonchev–Trinajstić information content (AvgIpc) is 3.09. The van der Waals surface area contributed by atoms with Crippen molar-refractivity contribution in [1.29, 1.82) is 0 Å². The topological polar surface area (TPSA) is 75.5 Å². The monoisotopic (exact) mass is 338 g/mol. The molecule has 9 heteroatoms. The number of sulfonamides is 1. The van der Waals surface area contributed by atoms with E-state index in [1.54, 1.807) is 4.90 Å². The van der Waals surface area contributed by atoms with Gasteiger partial charge in [0.05, 0.1) is 4.90 Å². The molecule has 3 rings (SSSR count). The van der Waals surface area contributed by atoms with Crippen LogP contribution in [0.25, 0.3) is 0 Å². The maximum absolute atomic E-state index is 13.2. The predicted octanol–water partition coefficient (Wildman–Crippen LogP) is 0.997. The smallest absolute Gasteiger partial charge is 0.321 e. The van der Waals surface area contributed by atoms with Crippen LogP contribution in [0.5, 0.6) is 0 Å². The highest BCUT2D eigenvalue weighted by Crippen LogP contribution is 2.18. The number of amides is 1. The molecule has 2 aromatic rings. The molecular formula is C14H15FN4O3S. The van der Waals surface area contributed by atoms with Gasteiger partial charge in [-0.15, -0.1) is 0 Å². The minimum atomic E-state index is -3.75. The van der Waals surface area contributed by atoms with Crippen LogP contribution >= 0.6 is 0 Å². The van der Waals surface area contributed by atoms with Gasteiger partial charge in [0.1, 0.15) is 12.1 Å². The first kappa shape index (κ1) is 15.6. The number of benzene rings is 1. The second kappa shape index (κ2) is 6.09. The molecular weight excluding hydrogens is 323 g/mol. The fourth-order valence-electron chi connectivity index (χ4n) is 2.43. The van der Waals surface area contributed by atoms with Gasteiger partial charge in [-0.1, -0.05) is 6.07 Å². The highest BCUT2D eigenvalue weighted by atomic mass is 32.2. The third kappa shape index (κ3) is 3.10. The van der Waals surface area contributed by atoms with Crippen LogP contribution in [0.15, 0.2) is 47.9 Å². The van der Waals surface area contributed by atoms with Crippen molar-refractivity contribution >= 4 is 16.1 Å². The third-order valence-corrected chi connectivity index (χ3v) is 5.56. The zero-order valence-corrected chi connectivity index (χ0v) is 13.0. The lowest BCUT2D eigenvalue weighted by Gasteiger charge is -2.33. The molecule has 0 bridgehead atoms. The summed E-state index contributed by atoms with van der Waals surface area (Å²) in [5, 5.41) is 0. The van der Waals surface area contributed by atoms with Crippen LogP contribution in [0.3, 0.4) is 0 Å². The summed E-state index contributed by atoms with van der Waals surface area (Å²) >= 11 is 0. The molecule has 0 spiro atoms. The maximum Gasteiger partial charge on any atom is 0.329 e. The fraction of sp³-hybridized carbons (Fsp3) is 0.286. The lowest BCUT2D eigenvalue weighted by Crippen LogP contribution is -2.51. The molecule has 1 aromatic heterocycles. The number of hydrogen-bond acceptors (Lipinski definition) is 4. The molecule has 1 fully saturated rings. The van der Waals surface area contributed by atoms with Crippen LogP contribution in [0, 0.1) is 5.82 Å². The van der Waals surface area contributed by atoms with E-state index in [0.717, 1.165) is 6.07 Å². The number of carbonyl (C=O) groups excluding carboxylic acids is 1. The van der Waals surface area contributed by atoms with E-state index in [1.807, 2.05) is 0 Å². The van der Waals surface area contributed by atoms with Gasteiger partial charge in [-0.3, -0.25) is 4.57 Å². The number of hydrogen-bond donors (Lipinski definition) is 0. The van der Waals surface area contributed by atoms with Crippen LogP contribution < -0.4 is 0 Å². The third-order valence-electron chi connectivity index (χ3n) is 3.67. The van der Waals surface area contributed by atoms with Crippen molar-refractivity contribution < 1.29 is 17.6 Å². The molecule has 0 N–H and O–H groups in total. The number of aromatic nitrogens is 2. The van der Waals surface area contributed by atoms with Gasteiger partial charge in [0.15, 0.2) is 0 Å². The van der Waals surface area contributed by atoms with Gasteiger partial charge in [0.2, 0.25) is 10.0 Å². The van der Waals surface area contributed by atoms with E-state index in [2.05, 4.69) is 4.98 Å². The molecule has 1 aromatic carbocycles. The first-order chi connectivity index (χ1) is 11.0. The van der Waals surface area contributed by atoms with E-state index in [4.69, 9.17) is 0 Å². The van der Waals surface area contributed by atoms with E-state index < -0.39 is 15.8 Å². The Balaban J connectivity index is 1.70. The van der Waals surface area contributed by atoms with Crippen molar-refractivity contribution in [3.8, 4) is 0 Å². The molecule has 1 aliphatic rings. The Morgan fingerprint density at radius 2 is 1.91 bits per heavy atom. The van der Waals surface area contributed by atoms with Crippen molar-refractivity contribution in [3.05, 3.63) is 48.8 Å². The zero-order valence-electron chi connectivity index (χ0n) is 12.2. The van der Waals surface area contributed by atoms with E-state index in [0.29, 0.717) is 0 Å². The molecule has 122 valence electrons. The predicted molar refractivity (Wildman–Crippen MR) is 79.8 cm³/mol. The number of rotatable bonds is 2. The lowest BCUT2D eigenvalue weighted by atomic mass is 10.3. The fourth-order valence-corrected chi connectivity index (χ4v) is 3.89. The van der Waals surface area contributed by atoms with Crippen LogP contribution in [-0.4, -0.2) is 59.4 Å². The van der Waals surface area contributed by atoms with Crippen molar-refractivity contribution in [2.45, 2.75) is 4.90 Å². The molecule has 23 heavy (non-hydrogen) atoms. The summed E-state index contributed by atoms with van der Waals surface area (Å²) < 4.78 is 40.8. The summed E-state index contributed by atoms with van der Waals surface area (Å²) in [6.07, 6.45) is 4.44. The minimum absolute atomic E-state index is 0.0770. The summed E-state index contributed by atoms with van der Waals surface area (Å²) in [4.78, 5) is 17.5. The van der Waals surface area contributed by atoms with Gasteiger partial charge in [-0.2, -0.15) is 4.31 Å². The normalized spacial score (nSPS) is 16.5. The Hall–Kier alpha value is -2.26. The van der Waals surface area contributed by atoms with E-state index in [9.17, 15) is 17.6 Å². The molecule has 1 amide bonds. The molecule has 1 saturated heterocycles. The molecule has 0 aliphatic carbocycles. The largest absolute Gasteiger partial charge is 0.329 e. The van der Waals surface area contributed by atoms with Crippen LogP contribution in [-0.2, 0) is 10.0 Å².